The lowest BCUT2D eigenvalue weighted by molar-refractivity contribution is 0.127. The van der Waals surface area contributed by atoms with E-state index in [0.29, 0.717) is 33.6 Å². The Bertz CT molecular complexity index is 922. The molecule has 0 bridgehead atoms. The van der Waals surface area contributed by atoms with Crippen LogP contribution < -0.4 is 10.6 Å². The summed E-state index contributed by atoms with van der Waals surface area (Å²) in [6.07, 6.45) is 1.86. The van der Waals surface area contributed by atoms with Gasteiger partial charge in [0.2, 0.25) is 0 Å². The number of nitrogens with zero attached hydrogens (tertiary/aromatic N) is 3. The summed E-state index contributed by atoms with van der Waals surface area (Å²) in [4.78, 5) is 11.7. The van der Waals surface area contributed by atoms with Gasteiger partial charge in [-0.3, -0.25) is 0 Å². The number of hydrogen-bond acceptors (Lipinski definition) is 6. The molecule has 0 radical (unpaired) electrons. The Balaban J connectivity index is 1.63. The lowest BCUT2D eigenvalue weighted by Gasteiger charge is -2.41. The zero-order valence-corrected chi connectivity index (χ0v) is 19.7. The van der Waals surface area contributed by atoms with Gasteiger partial charge < -0.3 is 20.5 Å². The second-order valence-corrected chi connectivity index (χ2v) is 9.74. The first-order valence-electron chi connectivity index (χ1n) is 9.55. The van der Waals surface area contributed by atoms with Gasteiger partial charge in [0.1, 0.15) is 9.80 Å². The third kappa shape index (κ3) is 3.85. The van der Waals surface area contributed by atoms with Crippen molar-refractivity contribution in [1.82, 2.24) is 9.97 Å². The Kier molecular flexibility index (Phi) is 6.26. The van der Waals surface area contributed by atoms with Crippen molar-refractivity contribution < 1.29 is 9.84 Å². The summed E-state index contributed by atoms with van der Waals surface area (Å²) >= 11 is 14.8. The smallest absolute Gasteiger partial charge is 0.153 e. The molecule has 6 nitrogen and oxygen atoms in total. The Morgan fingerprint density at radius 2 is 2.03 bits per heavy atom. The second kappa shape index (κ2) is 8.43. The fraction of sp³-hybridized carbons (Fsp3) is 0.500. The van der Waals surface area contributed by atoms with Crippen LogP contribution in [0.25, 0.3) is 11.3 Å². The SMILES string of the molecule is Cc1nc(N2CCC3(CC2)CO[C@H](I)[C@@H]3N)c(CO)nc1-c1cccc(Cl)c1Cl. The molecule has 1 spiro atoms. The van der Waals surface area contributed by atoms with Crippen LogP contribution >= 0.6 is 45.8 Å². The molecule has 0 saturated carbocycles. The molecule has 0 amide bonds. The molecule has 2 aromatic rings. The maximum atomic E-state index is 9.99. The van der Waals surface area contributed by atoms with Crippen molar-refractivity contribution in [2.75, 3.05) is 24.6 Å². The number of piperidine rings is 1. The zero-order valence-electron chi connectivity index (χ0n) is 16.0. The molecule has 0 unspecified atom stereocenters. The number of hydrogen-bond donors (Lipinski definition) is 2. The first-order chi connectivity index (χ1) is 13.9. The van der Waals surface area contributed by atoms with Crippen molar-refractivity contribution >= 4 is 51.6 Å². The van der Waals surface area contributed by atoms with Crippen LogP contribution in [0, 0.1) is 12.3 Å². The van der Waals surface area contributed by atoms with E-state index in [4.69, 9.17) is 43.6 Å². The van der Waals surface area contributed by atoms with Gasteiger partial charge in [-0.05, 0) is 48.4 Å². The summed E-state index contributed by atoms with van der Waals surface area (Å²) in [5, 5.41) is 10.9. The first-order valence-corrected chi connectivity index (χ1v) is 11.6. The normalized spacial score (nSPS) is 23.7. The number of alkyl halides is 1. The lowest BCUT2D eigenvalue weighted by Crippen LogP contribution is -2.50. The summed E-state index contributed by atoms with van der Waals surface area (Å²) in [6, 6.07) is 5.47. The number of ether oxygens (including phenoxy) is 1. The van der Waals surface area contributed by atoms with Gasteiger partial charge in [-0.25, -0.2) is 9.97 Å². The molecular formula is C20H23Cl2IN4O2. The maximum Gasteiger partial charge on any atom is 0.153 e. The van der Waals surface area contributed by atoms with E-state index in [9.17, 15) is 5.11 Å². The third-order valence-corrected chi connectivity index (χ3v) is 8.01. The molecule has 1 aromatic heterocycles. The third-order valence-electron chi connectivity index (χ3n) is 6.06. The van der Waals surface area contributed by atoms with Crippen LogP contribution in [0.1, 0.15) is 24.2 Å². The van der Waals surface area contributed by atoms with E-state index in [0.717, 1.165) is 37.4 Å². The average Bonchev–Trinajstić information content (AvgIpc) is 2.99. The highest BCUT2D eigenvalue weighted by Crippen LogP contribution is 2.44. The minimum atomic E-state index is -0.201. The van der Waals surface area contributed by atoms with Gasteiger partial charge in [-0.1, -0.05) is 35.3 Å². The summed E-state index contributed by atoms with van der Waals surface area (Å²) in [5.74, 6) is 0.722. The molecule has 2 aliphatic rings. The number of aliphatic hydroxyl groups is 1. The van der Waals surface area contributed by atoms with Crippen LogP contribution in [0.3, 0.4) is 0 Å². The average molecular weight is 549 g/mol. The lowest BCUT2D eigenvalue weighted by atomic mass is 9.75. The number of aliphatic hydroxyl groups excluding tert-OH is 1. The second-order valence-electron chi connectivity index (χ2n) is 7.72. The number of aryl methyl sites for hydroxylation is 1. The zero-order chi connectivity index (χ0) is 20.8. The van der Waals surface area contributed by atoms with Gasteiger partial charge in [0, 0.05) is 30.1 Å². The summed E-state index contributed by atoms with van der Waals surface area (Å²) in [5.41, 5.74) is 9.08. The largest absolute Gasteiger partial charge is 0.390 e. The molecule has 2 saturated heterocycles. The molecule has 9 heteroatoms. The molecule has 2 aliphatic heterocycles. The quantitative estimate of drug-likeness (QED) is 0.446. The van der Waals surface area contributed by atoms with Crippen molar-refractivity contribution in [3.63, 3.8) is 0 Å². The van der Waals surface area contributed by atoms with E-state index in [1.54, 1.807) is 6.07 Å². The maximum absolute atomic E-state index is 9.99. The molecule has 0 aliphatic carbocycles. The number of halogens is 3. The van der Waals surface area contributed by atoms with Crippen LogP contribution in [0.2, 0.25) is 10.0 Å². The molecule has 2 atom stereocenters. The molecule has 3 heterocycles. The van der Waals surface area contributed by atoms with Crippen molar-refractivity contribution in [1.29, 1.82) is 0 Å². The fourth-order valence-corrected chi connectivity index (χ4v) is 5.54. The van der Waals surface area contributed by atoms with Crippen molar-refractivity contribution in [2.24, 2.45) is 11.1 Å². The van der Waals surface area contributed by atoms with Gasteiger partial charge >= 0.3 is 0 Å². The van der Waals surface area contributed by atoms with Crippen LogP contribution in [0.4, 0.5) is 5.82 Å². The minimum absolute atomic E-state index is 0.0263. The highest BCUT2D eigenvalue weighted by Gasteiger charge is 2.48. The van der Waals surface area contributed by atoms with Crippen molar-refractivity contribution in [2.45, 2.75) is 36.5 Å². The standard InChI is InChI=1S/C20H23Cl2IN4O2/c1-11-16(12-3-2-4-13(21)15(12)22)26-14(9-28)19(25-11)27-7-5-20(6-8-27)10-29-18(23)17(20)24/h2-4,17-18,28H,5-10,24H2,1H3/t17-,18-/m0/s1. The van der Waals surface area contributed by atoms with Gasteiger partial charge in [0.05, 0.1) is 34.6 Å². The predicted octanol–water partition coefficient (Wildman–Crippen LogP) is 3.96. The van der Waals surface area contributed by atoms with Crippen LogP contribution in [0.15, 0.2) is 18.2 Å². The monoisotopic (exact) mass is 548 g/mol. The van der Waals surface area contributed by atoms with Gasteiger partial charge in [-0.2, -0.15) is 0 Å². The summed E-state index contributed by atoms with van der Waals surface area (Å²) in [6.45, 7) is 4.02. The molecular weight excluding hydrogens is 526 g/mol. The topological polar surface area (TPSA) is 84.5 Å². The highest BCUT2D eigenvalue weighted by molar-refractivity contribution is 14.1. The van der Waals surface area contributed by atoms with Gasteiger partial charge in [-0.15, -0.1) is 0 Å². The number of nitrogens with two attached hydrogens (primary N) is 1. The highest BCUT2D eigenvalue weighted by atomic mass is 127. The number of aromatic nitrogens is 2. The van der Waals surface area contributed by atoms with Crippen molar-refractivity contribution in [3.05, 3.63) is 39.6 Å². The molecule has 29 heavy (non-hydrogen) atoms. The van der Waals surface area contributed by atoms with E-state index in [-0.39, 0.29) is 22.2 Å². The fourth-order valence-electron chi connectivity index (χ4n) is 4.21. The minimum Gasteiger partial charge on any atom is -0.390 e. The van der Waals surface area contributed by atoms with E-state index >= 15 is 0 Å². The Labute approximate surface area is 193 Å². The summed E-state index contributed by atoms with van der Waals surface area (Å²) in [7, 11) is 0. The van der Waals surface area contributed by atoms with Gasteiger partial charge in [0.15, 0.2) is 5.82 Å². The number of benzene rings is 1. The molecule has 3 N–H and O–H groups in total. The number of anilines is 1. The van der Waals surface area contributed by atoms with Crippen LogP contribution in [-0.4, -0.2) is 44.9 Å². The van der Waals surface area contributed by atoms with Crippen LogP contribution in [-0.2, 0) is 11.3 Å². The molecule has 156 valence electrons. The number of rotatable bonds is 3. The van der Waals surface area contributed by atoms with E-state index in [2.05, 4.69) is 27.5 Å². The predicted molar refractivity (Wildman–Crippen MR) is 124 cm³/mol. The van der Waals surface area contributed by atoms with E-state index in [1.807, 2.05) is 19.1 Å². The first kappa shape index (κ1) is 21.5. The Morgan fingerprint density at radius 3 is 2.66 bits per heavy atom. The molecule has 1 aromatic carbocycles. The Morgan fingerprint density at radius 1 is 1.31 bits per heavy atom. The van der Waals surface area contributed by atoms with Gasteiger partial charge in [0.25, 0.3) is 0 Å². The summed E-state index contributed by atoms with van der Waals surface area (Å²) < 4.78 is 5.87. The van der Waals surface area contributed by atoms with E-state index in [1.165, 1.54) is 0 Å². The van der Waals surface area contributed by atoms with E-state index < -0.39 is 0 Å². The Hall–Kier alpha value is -0.710. The van der Waals surface area contributed by atoms with Crippen molar-refractivity contribution in [3.8, 4) is 11.3 Å². The van der Waals surface area contributed by atoms with Crippen LogP contribution in [0.5, 0.6) is 0 Å². The molecule has 4 rings (SSSR count). The molecule has 2 fully saturated rings.